The predicted octanol–water partition coefficient (Wildman–Crippen LogP) is 2.06. The number of fused-ring (bicyclic) bond motifs is 1. The second kappa shape index (κ2) is 4.87. The normalized spacial score (nSPS) is 37.3. The molecule has 4 heteroatoms. The Balaban J connectivity index is 1.93. The first-order valence-corrected chi connectivity index (χ1v) is 8.34. The highest BCUT2D eigenvalue weighted by molar-refractivity contribution is 5.56. The first-order chi connectivity index (χ1) is 10.6. The van der Waals surface area contributed by atoms with Crippen LogP contribution >= 0.6 is 0 Å². The van der Waals surface area contributed by atoms with Crippen LogP contribution < -0.4 is 4.74 Å². The second-order valence-corrected chi connectivity index (χ2v) is 7.35. The lowest BCUT2D eigenvalue weighted by molar-refractivity contribution is -0.0403. The molecule has 4 rings (SSSR count). The van der Waals surface area contributed by atoms with Crippen molar-refractivity contribution in [3.8, 4) is 11.5 Å². The van der Waals surface area contributed by atoms with Gasteiger partial charge in [-0.15, -0.1) is 0 Å². The van der Waals surface area contributed by atoms with Crippen molar-refractivity contribution in [1.82, 2.24) is 4.90 Å². The van der Waals surface area contributed by atoms with Crippen molar-refractivity contribution < 1.29 is 14.9 Å². The minimum atomic E-state index is -0.253. The van der Waals surface area contributed by atoms with E-state index in [2.05, 4.69) is 18.0 Å². The van der Waals surface area contributed by atoms with Crippen LogP contribution in [-0.2, 0) is 11.8 Å². The Labute approximate surface area is 131 Å². The number of ether oxygens (including phenoxy) is 1. The number of aliphatic hydroxyl groups excluding tert-OH is 1. The van der Waals surface area contributed by atoms with Crippen LogP contribution in [-0.4, -0.2) is 48.0 Å². The van der Waals surface area contributed by atoms with Gasteiger partial charge < -0.3 is 19.8 Å². The quantitative estimate of drug-likeness (QED) is 0.834. The number of rotatable bonds is 1. The first-order valence-electron chi connectivity index (χ1n) is 8.34. The fraction of sp³-hybridized carbons (Fsp3) is 0.667. The molecule has 120 valence electrons. The Morgan fingerprint density at radius 1 is 1.32 bits per heavy atom. The molecule has 22 heavy (non-hydrogen) atoms. The van der Waals surface area contributed by atoms with Gasteiger partial charge in [0.05, 0.1) is 13.2 Å². The maximum Gasteiger partial charge on any atom is 0.161 e. The largest absolute Gasteiger partial charge is 0.504 e. The van der Waals surface area contributed by atoms with Crippen molar-refractivity contribution in [3.05, 3.63) is 23.3 Å². The second-order valence-electron chi connectivity index (χ2n) is 7.35. The molecular formula is C18H25NO3. The van der Waals surface area contributed by atoms with Crippen LogP contribution in [0.2, 0.25) is 0 Å². The number of nitrogens with zero attached hydrogens (tertiary/aromatic N) is 1. The minimum absolute atomic E-state index is 0.0823. The average molecular weight is 303 g/mol. The summed E-state index contributed by atoms with van der Waals surface area (Å²) >= 11 is 0. The van der Waals surface area contributed by atoms with E-state index in [9.17, 15) is 10.2 Å². The summed E-state index contributed by atoms with van der Waals surface area (Å²) in [5, 5.41) is 21.1. The van der Waals surface area contributed by atoms with Gasteiger partial charge in [0.2, 0.25) is 0 Å². The number of aliphatic hydroxyl groups is 1. The Hall–Kier alpha value is -1.26. The molecule has 1 heterocycles. The lowest BCUT2D eigenvalue weighted by Gasteiger charge is -2.59. The number of hydrogen-bond acceptors (Lipinski definition) is 4. The lowest BCUT2D eigenvalue weighted by Crippen LogP contribution is -2.61. The molecule has 2 N–H and O–H groups in total. The SMILES string of the molecule is COc1ccc2c(c1O)[C@@]13CCN(C)[C@@H](C2)[C@H]1CC[C@@H](O)C3. The van der Waals surface area contributed by atoms with Crippen LogP contribution in [0.3, 0.4) is 0 Å². The van der Waals surface area contributed by atoms with Crippen molar-refractivity contribution in [2.75, 3.05) is 20.7 Å². The fourth-order valence-electron chi connectivity index (χ4n) is 5.46. The van der Waals surface area contributed by atoms with E-state index in [4.69, 9.17) is 4.74 Å². The third-order valence-electron chi connectivity index (χ3n) is 6.44. The number of likely N-dealkylation sites (N-methyl/N-ethyl adjacent to an activating group) is 1. The van der Waals surface area contributed by atoms with Gasteiger partial charge in [0.25, 0.3) is 0 Å². The monoisotopic (exact) mass is 303 g/mol. The van der Waals surface area contributed by atoms with Gasteiger partial charge in [-0.25, -0.2) is 0 Å². The molecule has 0 amide bonds. The van der Waals surface area contributed by atoms with Gasteiger partial charge in [0, 0.05) is 17.0 Å². The molecule has 2 bridgehead atoms. The van der Waals surface area contributed by atoms with Gasteiger partial charge in [-0.1, -0.05) is 6.07 Å². The molecule has 0 aromatic heterocycles. The zero-order valence-corrected chi connectivity index (χ0v) is 13.4. The molecule has 1 aromatic rings. The van der Waals surface area contributed by atoms with Crippen LogP contribution in [0.1, 0.15) is 36.8 Å². The molecule has 2 fully saturated rings. The van der Waals surface area contributed by atoms with Crippen LogP contribution in [0.5, 0.6) is 11.5 Å². The van der Waals surface area contributed by atoms with Crippen LogP contribution in [0.4, 0.5) is 0 Å². The van der Waals surface area contributed by atoms with E-state index in [0.29, 0.717) is 23.5 Å². The van der Waals surface area contributed by atoms with Crippen LogP contribution in [0.25, 0.3) is 0 Å². The maximum absolute atomic E-state index is 10.8. The van der Waals surface area contributed by atoms with E-state index < -0.39 is 0 Å². The minimum Gasteiger partial charge on any atom is -0.504 e. The molecule has 0 radical (unpaired) electrons. The fourth-order valence-corrected chi connectivity index (χ4v) is 5.46. The molecule has 2 aliphatic carbocycles. The number of hydrogen-bond donors (Lipinski definition) is 2. The highest BCUT2D eigenvalue weighted by Crippen LogP contribution is 2.58. The zero-order valence-electron chi connectivity index (χ0n) is 13.4. The molecule has 4 atom stereocenters. The summed E-state index contributed by atoms with van der Waals surface area (Å²) in [7, 11) is 3.82. The highest BCUT2D eigenvalue weighted by atomic mass is 16.5. The first kappa shape index (κ1) is 14.3. The highest BCUT2D eigenvalue weighted by Gasteiger charge is 2.56. The molecule has 1 aliphatic heterocycles. The average Bonchev–Trinajstić information content (AvgIpc) is 2.50. The molecule has 1 saturated heterocycles. The molecule has 0 spiro atoms. The maximum atomic E-state index is 10.8. The van der Waals surface area contributed by atoms with Crippen LogP contribution in [0, 0.1) is 5.92 Å². The van der Waals surface area contributed by atoms with E-state index in [1.54, 1.807) is 7.11 Å². The summed E-state index contributed by atoms with van der Waals surface area (Å²) in [4.78, 5) is 2.48. The van der Waals surface area contributed by atoms with Crippen molar-refractivity contribution in [3.63, 3.8) is 0 Å². The van der Waals surface area contributed by atoms with Crippen molar-refractivity contribution in [2.45, 2.75) is 49.7 Å². The molecular weight excluding hydrogens is 278 g/mol. The van der Waals surface area contributed by atoms with Crippen molar-refractivity contribution in [2.24, 2.45) is 5.92 Å². The van der Waals surface area contributed by atoms with Crippen LogP contribution in [0.15, 0.2) is 12.1 Å². The van der Waals surface area contributed by atoms with Gasteiger partial charge in [0.1, 0.15) is 0 Å². The van der Waals surface area contributed by atoms with Gasteiger partial charge in [-0.2, -0.15) is 0 Å². The van der Waals surface area contributed by atoms with E-state index in [1.165, 1.54) is 5.56 Å². The summed E-state index contributed by atoms with van der Waals surface area (Å²) in [5.41, 5.74) is 2.22. The standard InChI is InChI=1S/C18H25NO3/c1-19-8-7-18-10-12(20)4-5-13(18)14(19)9-11-3-6-15(22-2)17(21)16(11)18/h3,6,12-14,20-21H,4-5,7-10H2,1-2H3/t12-,13-,14+,18-/m1/s1. The Morgan fingerprint density at radius 2 is 2.14 bits per heavy atom. The third kappa shape index (κ3) is 1.77. The van der Waals surface area contributed by atoms with E-state index in [0.717, 1.165) is 44.2 Å². The molecule has 1 aromatic carbocycles. The summed E-state index contributed by atoms with van der Waals surface area (Å²) in [6.07, 6.45) is 4.46. The number of methoxy groups -OCH3 is 1. The number of phenols is 1. The summed E-state index contributed by atoms with van der Waals surface area (Å²) in [6, 6.07) is 4.51. The number of phenolic OH excluding ortho intramolecular Hbond substituents is 1. The van der Waals surface area contributed by atoms with Crippen molar-refractivity contribution in [1.29, 1.82) is 0 Å². The van der Waals surface area contributed by atoms with E-state index in [1.807, 2.05) is 6.07 Å². The smallest absolute Gasteiger partial charge is 0.161 e. The van der Waals surface area contributed by atoms with Gasteiger partial charge in [0.15, 0.2) is 11.5 Å². The third-order valence-corrected chi connectivity index (χ3v) is 6.44. The number of benzene rings is 1. The topological polar surface area (TPSA) is 52.9 Å². The lowest BCUT2D eigenvalue weighted by atomic mass is 9.51. The molecule has 3 aliphatic rings. The molecule has 1 saturated carbocycles. The Morgan fingerprint density at radius 3 is 2.91 bits per heavy atom. The van der Waals surface area contributed by atoms with Crippen molar-refractivity contribution >= 4 is 0 Å². The molecule has 0 unspecified atom stereocenters. The number of likely N-dealkylation sites (tertiary alicyclic amines) is 1. The summed E-state index contributed by atoms with van der Waals surface area (Å²) < 4.78 is 5.35. The summed E-state index contributed by atoms with van der Waals surface area (Å²) in [6.45, 7) is 1.03. The van der Waals surface area contributed by atoms with Gasteiger partial charge in [-0.05, 0) is 63.2 Å². The van der Waals surface area contributed by atoms with E-state index >= 15 is 0 Å². The Bertz CT molecular complexity index is 602. The molecule has 4 nitrogen and oxygen atoms in total. The predicted molar refractivity (Wildman–Crippen MR) is 84.4 cm³/mol. The van der Waals surface area contributed by atoms with Gasteiger partial charge in [-0.3, -0.25) is 0 Å². The number of piperidine rings is 1. The zero-order chi connectivity index (χ0) is 15.5. The summed E-state index contributed by atoms with van der Waals surface area (Å²) in [5.74, 6) is 1.39. The Kier molecular flexibility index (Phi) is 3.17. The van der Waals surface area contributed by atoms with Gasteiger partial charge >= 0.3 is 0 Å². The number of aromatic hydroxyl groups is 1. The van der Waals surface area contributed by atoms with E-state index in [-0.39, 0.29) is 11.5 Å².